The van der Waals surface area contributed by atoms with Gasteiger partial charge in [-0.05, 0) is 45.2 Å². The zero-order valence-electron chi connectivity index (χ0n) is 17.5. The van der Waals surface area contributed by atoms with Crippen molar-refractivity contribution < 1.29 is 4.74 Å². The van der Waals surface area contributed by atoms with Crippen LogP contribution in [0.1, 0.15) is 36.7 Å². The molecule has 6 heteroatoms. The number of nitrogens with one attached hydrogen (secondary N) is 1. The van der Waals surface area contributed by atoms with Gasteiger partial charge >= 0.3 is 0 Å². The first-order valence-corrected chi connectivity index (χ1v) is 10.4. The van der Waals surface area contributed by atoms with Gasteiger partial charge in [-0.1, -0.05) is 29.8 Å². The lowest BCUT2D eigenvalue weighted by molar-refractivity contribution is 0.0543. The third-order valence-corrected chi connectivity index (χ3v) is 5.84. The van der Waals surface area contributed by atoms with Crippen LogP contribution in [0.5, 0.6) is 0 Å². The van der Waals surface area contributed by atoms with Gasteiger partial charge in [0.1, 0.15) is 11.6 Å². The van der Waals surface area contributed by atoms with Gasteiger partial charge < -0.3 is 10.1 Å². The Bertz CT molecular complexity index is 958. The van der Waals surface area contributed by atoms with Crippen molar-refractivity contribution in [2.45, 2.75) is 45.6 Å². The molecule has 3 heterocycles. The van der Waals surface area contributed by atoms with Crippen LogP contribution in [0.15, 0.2) is 42.6 Å². The molecule has 0 atom stereocenters. The molecule has 6 nitrogen and oxygen atoms in total. The van der Waals surface area contributed by atoms with Crippen molar-refractivity contribution in [1.29, 1.82) is 0 Å². The molecule has 1 fully saturated rings. The van der Waals surface area contributed by atoms with Crippen LogP contribution in [-0.4, -0.2) is 39.5 Å². The molecule has 0 aliphatic carbocycles. The van der Waals surface area contributed by atoms with E-state index in [0.29, 0.717) is 0 Å². The van der Waals surface area contributed by atoms with E-state index in [1.54, 1.807) is 0 Å². The summed E-state index contributed by atoms with van der Waals surface area (Å²) < 4.78 is 7.63. The standard InChI is InChI=1S/C23H29N5O/c1-4-28-21(9-12-25-28)20-15-22(27-18(3)26-20)24-16-23(10-13-29-14-11-23)19-7-5-17(2)6-8-19/h5-9,12,15H,4,10-11,13-14,16H2,1-3H3,(H,24,26,27). The second-order valence-electron chi connectivity index (χ2n) is 7.83. The zero-order valence-corrected chi connectivity index (χ0v) is 17.5. The summed E-state index contributed by atoms with van der Waals surface area (Å²) in [5.74, 6) is 1.61. The molecule has 1 aromatic carbocycles. The fourth-order valence-corrected chi connectivity index (χ4v) is 4.09. The molecule has 1 aliphatic rings. The molecule has 0 amide bonds. The number of hydrogen-bond donors (Lipinski definition) is 1. The van der Waals surface area contributed by atoms with Gasteiger partial charge in [0.25, 0.3) is 0 Å². The SMILES string of the molecule is CCn1nccc1-c1cc(NCC2(c3ccc(C)cc3)CCOCC2)nc(C)n1. The summed E-state index contributed by atoms with van der Waals surface area (Å²) in [6.45, 7) is 9.36. The lowest BCUT2D eigenvalue weighted by Gasteiger charge is -2.38. The van der Waals surface area contributed by atoms with Crippen LogP contribution in [0.3, 0.4) is 0 Å². The van der Waals surface area contributed by atoms with Crippen LogP contribution in [-0.2, 0) is 16.7 Å². The highest BCUT2D eigenvalue weighted by molar-refractivity contribution is 5.59. The quantitative estimate of drug-likeness (QED) is 0.684. The van der Waals surface area contributed by atoms with E-state index in [1.807, 2.05) is 29.9 Å². The van der Waals surface area contributed by atoms with Crippen LogP contribution in [0.2, 0.25) is 0 Å². The molecular formula is C23H29N5O. The Morgan fingerprint density at radius 2 is 1.83 bits per heavy atom. The smallest absolute Gasteiger partial charge is 0.130 e. The summed E-state index contributed by atoms with van der Waals surface area (Å²) in [4.78, 5) is 9.27. The third kappa shape index (κ3) is 4.17. The van der Waals surface area contributed by atoms with E-state index in [0.717, 1.165) is 62.2 Å². The number of nitrogens with zero attached hydrogens (tertiary/aromatic N) is 4. The van der Waals surface area contributed by atoms with Crippen LogP contribution in [0.4, 0.5) is 5.82 Å². The maximum Gasteiger partial charge on any atom is 0.130 e. The van der Waals surface area contributed by atoms with Gasteiger partial charge in [0.05, 0.1) is 11.4 Å². The predicted octanol–water partition coefficient (Wildman–Crippen LogP) is 4.14. The van der Waals surface area contributed by atoms with E-state index in [4.69, 9.17) is 4.74 Å². The lowest BCUT2D eigenvalue weighted by atomic mass is 9.74. The lowest BCUT2D eigenvalue weighted by Crippen LogP contribution is -2.40. The minimum atomic E-state index is 0.0517. The molecule has 1 saturated heterocycles. The number of ether oxygens (including phenoxy) is 1. The van der Waals surface area contributed by atoms with E-state index in [2.05, 4.69) is 58.5 Å². The van der Waals surface area contributed by atoms with Crippen molar-refractivity contribution in [1.82, 2.24) is 19.7 Å². The summed E-state index contributed by atoms with van der Waals surface area (Å²) in [5, 5.41) is 7.98. The molecule has 0 saturated carbocycles. The van der Waals surface area contributed by atoms with Crippen LogP contribution in [0.25, 0.3) is 11.4 Å². The van der Waals surface area contributed by atoms with Crippen molar-refractivity contribution in [2.75, 3.05) is 25.1 Å². The number of benzene rings is 1. The van der Waals surface area contributed by atoms with Crippen molar-refractivity contribution >= 4 is 5.82 Å². The topological polar surface area (TPSA) is 64.9 Å². The zero-order chi connectivity index (χ0) is 20.3. The largest absolute Gasteiger partial charge is 0.381 e. The summed E-state index contributed by atoms with van der Waals surface area (Å²) in [6.07, 6.45) is 3.82. The molecule has 1 N–H and O–H groups in total. The summed E-state index contributed by atoms with van der Waals surface area (Å²) in [5.41, 5.74) is 4.62. The summed E-state index contributed by atoms with van der Waals surface area (Å²) >= 11 is 0. The number of anilines is 1. The average molecular weight is 392 g/mol. The Hall–Kier alpha value is -2.73. The van der Waals surface area contributed by atoms with E-state index in [9.17, 15) is 0 Å². The first kappa shape index (κ1) is 19.6. The minimum Gasteiger partial charge on any atom is -0.381 e. The Labute approximate surface area is 172 Å². The van der Waals surface area contributed by atoms with E-state index in [1.165, 1.54) is 11.1 Å². The maximum atomic E-state index is 5.67. The van der Waals surface area contributed by atoms with Gasteiger partial charge in [-0.2, -0.15) is 5.10 Å². The molecule has 4 rings (SSSR count). The van der Waals surface area contributed by atoms with Crippen LogP contribution < -0.4 is 5.32 Å². The first-order valence-electron chi connectivity index (χ1n) is 10.4. The van der Waals surface area contributed by atoms with Gasteiger partial charge in [0.2, 0.25) is 0 Å². The molecule has 3 aromatic rings. The molecule has 29 heavy (non-hydrogen) atoms. The van der Waals surface area contributed by atoms with Crippen molar-refractivity contribution in [3.05, 3.63) is 59.5 Å². The number of rotatable bonds is 6. The number of hydrogen-bond acceptors (Lipinski definition) is 5. The normalized spacial score (nSPS) is 16.0. The van der Waals surface area contributed by atoms with E-state index >= 15 is 0 Å². The molecule has 0 unspecified atom stereocenters. The van der Waals surface area contributed by atoms with Crippen LogP contribution in [0, 0.1) is 13.8 Å². The van der Waals surface area contributed by atoms with Gasteiger partial charge in [-0.15, -0.1) is 0 Å². The molecular weight excluding hydrogens is 362 g/mol. The predicted molar refractivity (Wildman–Crippen MR) is 115 cm³/mol. The molecule has 0 spiro atoms. The Morgan fingerprint density at radius 3 is 2.55 bits per heavy atom. The molecule has 2 aromatic heterocycles. The van der Waals surface area contributed by atoms with Crippen molar-refractivity contribution in [3.63, 3.8) is 0 Å². The average Bonchev–Trinajstić information content (AvgIpc) is 3.22. The van der Waals surface area contributed by atoms with Crippen molar-refractivity contribution in [2.24, 2.45) is 0 Å². The molecule has 0 radical (unpaired) electrons. The first-order chi connectivity index (χ1) is 14.1. The van der Waals surface area contributed by atoms with Gasteiger partial charge in [-0.25, -0.2) is 9.97 Å². The summed E-state index contributed by atoms with van der Waals surface area (Å²) in [6, 6.07) is 13.0. The highest BCUT2D eigenvalue weighted by atomic mass is 16.5. The monoisotopic (exact) mass is 391 g/mol. The fraction of sp³-hybridized carbons (Fsp3) is 0.435. The summed E-state index contributed by atoms with van der Waals surface area (Å²) in [7, 11) is 0. The highest BCUT2D eigenvalue weighted by Crippen LogP contribution is 2.35. The highest BCUT2D eigenvalue weighted by Gasteiger charge is 2.34. The fourth-order valence-electron chi connectivity index (χ4n) is 4.09. The number of aromatic nitrogens is 4. The number of aryl methyl sites for hydroxylation is 3. The molecule has 0 bridgehead atoms. The Morgan fingerprint density at radius 1 is 1.07 bits per heavy atom. The van der Waals surface area contributed by atoms with E-state index in [-0.39, 0.29) is 5.41 Å². The molecule has 1 aliphatic heterocycles. The molecule has 152 valence electrons. The second kappa shape index (κ2) is 8.33. The van der Waals surface area contributed by atoms with Crippen molar-refractivity contribution in [3.8, 4) is 11.4 Å². The maximum absolute atomic E-state index is 5.67. The van der Waals surface area contributed by atoms with Gasteiger partial charge in [0.15, 0.2) is 0 Å². The second-order valence-corrected chi connectivity index (χ2v) is 7.83. The minimum absolute atomic E-state index is 0.0517. The van der Waals surface area contributed by atoms with E-state index < -0.39 is 0 Å². The third-order valence-electron chi connectivity index (χ3n) is 5.84. The van der Waals surface area contributed by atoms with Gasteiger partial charge in [-0.3, -0.25) is 4.68 Å². The van der Waals surface area contributed by atoms with Gasteiger partial charge in [0, 0.05) is 44.0 Å². The Balaban J connectivity index is 1.60. The van der Waals surface area contributed by atoms with Crippen LogP contribution >= 0.6 is 0 Å². The Kier molecular flexibility index (Phi) is 5.62.